The molecule has 5 heterocycles. The quantitative estimate of drug-likeness (QED) is 0.651. The minimum Gasteiger partial charge on any atom is -0.350 e. The molecule has 2 saturated heterocycles. The Kier molecular flexibility index (Phi) is 4.33. The summed E-state index contributed by atoms with van der Waals surface area (Å²) in [7, 11) is 1.80. The lowest BCUT2D eigenvalue weighted by Crippen LogP contribution is -2.47. The average Bonchev–Trinajstić information content (AvgIpc) is 3.42. The Morgan fingerprint density at radius 3 is 2.35 bits per heavy atom. The molecule has 3 aromatic heterocycles. The van der Waals surface area contributed by atoms with Crippen molar-refractivity contribution in [2.24, 2.45) is 12.5 Å². The summed E-state index contributed by atoms with van der Waals surface area (Å²) in [6.07, 6.45) is 2.70. The summed E-state index contributed by atoms with van der Waals surface area (Å²) in [6.45, 7) is 8.82. The summed E-state index contributed by atoms with van der Waals surface area (Å²) in [5.41, 5.74) is 2.19. The van der Waals surface area contributed by atoms with Crippen LogP contribution in [0.25, 0.3) is 11.2 Å². The van der Waals surface area contributed by atoms with E-state index in [0.717, 1.165) is 42.3 Å². The van der Waals surface area contributed by atoms with Gasteiger partial charge < -0.3 is 9.80 Å². The average molecular weight is 418 g/mol. The monoisotopic (exact) mass is 417 g/mol. The molecular weight excluding hydrogens is 390 g/mol. The van der Waals surface area contributed by atoms with Crippen molar-refractivity contribution in [1.29, 1.82) is 5.26 Å². The van der Waals surface area contributed by atoms with Gasteiger partial charge in [-0.05, 0) is 36.1 Å². The summed E-state index contributed by atoms with van der Waals surface area (Å²) in [4.78, 5) is 26.9. The molecule has 0 radical (unpaired) electrons. The Morgan fingerprint density at radius 2 is 1.77 bits per heavy atom. The third-order valence-electron chi connectivity index (χ3n) is 6.30. The molecule has 2 bridgehead atoms. The topological polar surface area (TPSA) is 83.0 Å². The molecule has 0 aromatic carbocycles. The third kappa shape index (κ3) is 3.25. The lowest BCUT2D eigenvalue weighted by molar-refractivity contribution is 0.342. The maximum atomic E-state index is 12.8. The van der Waals surface area contributed by atoms with Gasteiger partial charge in [-0.3, -0.25) is 9.13 Å². The summed E-state index contributed by atoms with van der Waals surface area (Å²) in [5.74, 6) is 1.85. The van der Waals surface area contributed by atoms with Crippen molar-refractivity contribution < 1.29 is 0 Å². The van der Waals surface area contributed by atoms with Crippen LogP contribution in [0.1, 0.15) is 32.8 Å². The van der Waals surface area contributed by atoms with Crippen molar-refractivity contribution in [2.45, 2.75) is 45.8 Å². The van der Waals surface area contributed by atoms with Gasteiger partial charge in [0.15, 0.2) is 5.65 Å². The summed E-state index contributed by atoms with van der Waals surface area (Å²) >= 11 is 0. The molecule has 2 unspecified atom stereocenters. The third-order valence-corrected chi connectivity index (χ3v) is 6.30. The van der Waals surface area contributed by atoms with Gasteiger partial charge in [-0.1, -0.05) is 20.8 Å². The van der Waals surface area contributed by atoms with Crippen molar-refractivity contribution in [3.63, 3.8) is 0 Å². The molecule has 8 nitrogen and oxygen atoms in total. The van der Waals surface area contributed by atoms with E-state index in [4.69, 9.17) is 10.2 Å². The molecule has 8 heteroatoms. The minimum atomic E-state index is -0.0180. The zero-order valence-corrected chi connectivity index (χ0v) is 18.4. The van der Waals surface area contributed by atoms with E-state index in [0.29, 0.717) is 24.2 Å². The fourth-order valence-electron chi connectivity index (χ4n) is 4.90. The first-order valence-corrected chi connectivity index (χ1v) is 10.7. The van der Waals surface area contributed by atoms with Gasteiger partial charge in [0.2, 0.25) is 0 Å². The molecule has 5 rings (SSSR count). The fraction of sp³-hybridized carbons (Fsp3) is 0.478. The number of aromatic nitrogens is 4. The zero-order chi connectivity index (χ0) is 21.9. The number of pyridine rings is 2. The molecule has 2 aliphatic rings. The number of hydrogen-bond acceptors (Lipinski definition) is 6. The zero-order valence-electron chi connectivity index (χ0n) is 18.4. The number of imidazole rings is 1. The maximum absolute atomic E-state index is 12.8. The van der Waals surface area contributed by atoms with E-state index in [9.17, 15) is 4.79 Å². The SMILES string of the molecule is Cn1c(=O)n(CC(C)(C)C)c2ccc(N3CC4CC3CN4c3ccc(C#N)cn3)nc21. The van der Waals surface area contributed by atoms with Crippen LogP contribution in [0.4, 0.5) is 11.6 Å². The highest BCUT2D eigenvalue weighted by Crippen LogP contribution is 2.36. The molecule has 160 valence electrons. The van der Waals surface area contributed by atoms with Crippen LogP contribution in [0.15, 0.2) is 35.3 Å². The molecule has 0 aliphatic carbocycles. The van der Waals surface area contributed by atoms with Gasteiger partial charge in [0.05, 0.1) is 23.2 Å². The second-order valence-electron chi connectivity index (χ2n) is 9.87. The van der Waals surface area contributed by atoms with Gasteiger partial charge in [-0.25, -0.2) is 14.8 Å². The largest absolute Gasteiger partial charge is 0.350 e. The van der Waals surface area contributed by atoms with Crippen LogP contribution in [0, 0.1) is 16.7 Å². The number of anilines is 2. The highest BCUT2D eigenvalue weighted by molar-refractivity contribution is 5.74. The Bertz CT molecular complexity index is 1240. The van der Waals surface area contributed by atoms with Gasteiger partial charge in [-0.15, -0.1) is 0 Å². The van der Waals surface area contributed by atoms with Crippen molar-refractivity contribution in [3.8, 4) is 6.07 Å². The molecule has 31 heavy (non-hydrogen) atoms. The number of hydrogen-bond donors (Lipinski definition) is 0. The van der Waals surface area contributed by atoms with Crippen molar-refractivity contribution in [2.75, 3.05) is 22.9 Å². The second kappa shape index (κ2) is 6.84. The number of nitrogens with zero attached hydrogens (tertiary/aromatic N) is 7. The number of fused-ring (bicyclic) bond motifs is 3. The Balaban J connectivity index is 1.41. The molecule has 0 amide bonds. The van der Waals surface area contributed by atoms with Gasteiger partial charge in [0.25, 0.3) is 0 Å². The van der Waals surface area contributed by atoms with Crippen molar-refractivity contribution in [3.05, 3.63) is 46.5 Å². The molecule has 0 spiro atoms. The Morgan fingerprint density at radius 1 is 1.10 bits per heavy atom. The number of piperazine rings is 1. The number of nitriles is 1. The first-order valence-electron chi connectivity index (χ1n) is 10.7. The predicted octanol–water partition coefficient (Wildman–Crippen LogP) is 2.52. The summed E-state index contributed by atoms with van der Waals surface area (Å²) in [6, 6.07) is 10.7. The summed E-state index contributed by atoms with van der Waals surface area (Å²) in [5, 5.41) is 8.99. The van der Waals surface area contributed by atoms with Gasteiger partial charge in [0.1, 0.15) is 17.7 Å². The lowest BCUT2D eigenvalue weighted by Gasteiger charge is -2.35. The van der Waals surface area contributed by atoms with Crippen molar-refractivity contribution in [1.82, 2.24) is 19.1 Å². The Hall–Kier alpha value is -3.34. The molecule has 0 N–H and O–H groups in total. The lowest BCUT2D eigenvalue weighted by atomic mass is 9.97. The Labute approximate surface area is 181 Å². The van der Waals surface area contributed by atoms with Crippen molar-refractivity contribution >= 4 is 22.8 Å². The molecule has 0 saturated carbocycles. The molecule has 2 aliphatic heterocycles. The standard InChI is InChI=1S/C23H27N7O/c1-23(2,3)14-30-18-6-8-20(26-21(18)27(4)22(30)31)29-13-16-9-17(29)12-28(16)19-7-5-15(10-24)11-25-19/h5-8,11,16-17H,9,12-14H2,1-4H3. The first kappa shape index (κ1) is 19.6. The van der Waals surface area contributed by atoms with E-state index in [2.05, 4.69) is 41.6 Å². The normalized spacial score (nSPS) is 20.6. The maximum Gasteiger partial charge on any atom is 0.330 e. The van der Waals surface area contributed by atoms with E-state index in [1.807, 2.05) is 28.8 Å². The van der Waals surface area contributed by atoms with E-state index in [1.165, 1.54) is 0 Å². The van der Waals surface area contributed by atoms with E-state index in [-0.39, 0.29) is 11.1 Å². The predicted molar refractivity (Wildman–Crippen MR) is 120 cm³/mol. The molecular formula is C23H27N7O. The molecule has 2 fully saturated rings. The second-order valence-corrected chi connectivity index (χ2v) is 9.87. The fourth-order valence-corrected chi connectivity index (χ4v) is 4.90. The van der Waals surface area contributed by atoms with Crippen LogP contribution in [0.5, 0.6) is 0 Å². The van der Waals surface area contributed by atoms with Gasteiger partial charge >= 0.3 is 5.69 Å². The van der Waals surface area contributed by atoms with Crippen LogP contribution in [0.3, 0.4) is 0 Å². The number of aryl methyl sites for hydroxylation is 1. The molecule has 3 aromatic rings. The smallest absolute Gasteiger partial charge is 0.330 e. The van der Waals surface area contributed by atoms with Crippen LogP contribution in [-0.4, -0.2) is 44.3 Å². The first-order chi connectivity index (χ1) is 14.7. The van der Waals surface area contributed by atoms with E-state index in [1.54, 1.807) is 17.8 Å². The van der Waals surface area contributed by atoms with E-state index >= 15 is 0 Å². The highest BCUT2D eigenvalue weighted by atomic mass is 16.1. The van der Waals surface area contributed by atoms with Crippen LogP contribution in [-0.2, 0) is 13.6 Å². The minimum absolute atomic E-state index is 0.00776. The van der Waals surface area contributed by atoms with Crippen LogP contribution < -0.4 is 15.5 Å². The van der Waals surface area contributed by atoms with Crippen LogP contribution in [0.2, 0.25) is 0 Å². The van der Waals surface area contributed by atoms with E-state index < -0.39 is 0 Å². The molecule has 2 atom stereocenters. The summed E-state index contributed by atoms with van der Waals surface area (Å²) < 4.78 is 3.49. The van der Waals surface area contributed by atoms with Crippen LogP contribution >= 0.6 is 0 Å². The van der Waals surface area contributed by atoms with Gasteiger partial charge in [0, 0.05) is 32.9 Å². The highest BCUT2D eigenvalue weighted by Gasteiger charge is 2.44. The van der Waals surface area contributed by atoms with Gasteiger partial charge in [-0.2, -0.15) is 5.26 Å². The number of rotatable bonds is 3.